The van der Waals surface area contributed by atoms with E-state index in [0.717, 1.165) is 19.5 Å². The van der Waals surface area contributed by atoms with Gasteiger partial charge in [0.1, 0.15) is 5.82 Å². The van der Waals surface area contributed by atoms with E-state index < -0.39 is 5.97 Å². The molecule has 1 aliphatic heterocycles. The maximum atomic E-state index is 10.9. The van der Waals surface area contributed by atoms with Crippen LogP contribution < -0.4 is 4.90 Å². The van der Waals surface area contributed by atoms with Gasteiger partial charge in [-0.2, -0.15) is 0 Å². The van der Waals surface area contributed by atoms with E-state index in [9.17, 15) is 4.79 Å². The Kier molecular flexibility index (Phi) is 3.33. The van der Waals surface area contributed by atoms with Crippen LogP contribution in [0.1, 0.15) is 28.4 Å². The largest absolute Gasteiger partial charge is 0.476 e. The Balaban J connectivity index is 1.77. The highest BCUT2D eigenvalue weighted by atomic mass is 16.4. The molecule has 2 aromatic rings. The van der Waals surface area contributed by atoms with Crippen molar-refractivity contribution in [3.8, 4) is 0 Å². The molecular formula is C15H15N3O2. The topological polar surface area (TPSA) is 66.3 Å². The molecule has 0 amide bonds. The van der Waals surface area contributed by atoms with E-state index in [4.69, 9.17) is 5.11 Å². The van der Waals surface area contributed by atoms with Gasteiger partial charge in [0.05, 0.1) is 12.4 Å². The van der Waals surface area contributed by atoms with Crippen LogP contribution in [0.2, 0.25) is 0 Å². The highest BCUT2D eigenvalue weighted by molar-refractivity contribution is 5.85. The summed E-state index contributed by atoms with van der Waals surface area (Å²) >= 11 is 0. The van der Waals surface area contributed by atoms with Crippen LogP contribution in [0.4, 0.5) is 5.82 Å². The van der Waals surface area contributed by atoms with Crippen LogP contribution in [-0.4, -0.2) is 34.1 Å². The number of benzene rings is 1. The van der Waals surface area contributed by atoms with Gasteiger partial charge in [-0.05, 0) is 12.0 Å². The molecule has 1 fully saturated rings. The average Bonchev–Trinajstić information content (AvgIpc) is 2.98. The predicted octanol–water partition coefficient (Wildman–Crippen LogP) is 2.17. The highest BCUT2D eigenvalue weighted by Crippen LogP contribution is 2.29. The molecule has 0 spiro atoms. The minimum atomic E-state index is -1.04. The lowest BCUT2D eigenvalue weighted by Crippen LogP contribution is -2.21. The zero-order chi connectivity index (χ0) is 13.9. The molecule has 5 heteroatoms. The van der Waals surface area contributed by atoms with Gasteiger partial charge in [-0.3, -0.25) is 4.98 Å². The molecule has 102 valence electrons. The van der Waals surface area contributed by atoms with Gasteiger partial charge in [-0.1, -0.05) is 30.3 Å². The normalized spacial score (nSPS) is 18.2. The fourth-order valence-electron chi connectivity index (χ4n) is 2.58. The molecule has 1 saturated heterocycles. The summed E-state index contributed by atoms with van der Waals surface area (Å²) in [5, 5.41) is 8.96. The smallest absolute Gasteiger partial charge is 0.356 e. The second-order valence-electron chi connectivity index (χ2n) is 4.91. The molecule has 0 bridgehead atoms. The predicted molar refractivity (Wildman–Crippen MR) is 75.0 cm³/mol. The number of carbonyl (C=O) groups is 1. The molecule has 1 aromatic heterocycles. The fraction of sp³-hybridized carbons (Fsp3) is 0.267. The SMILES string of the molecule is O=C(O)c1cncc(N2CCC(c3ccccc3)C2)n1. The van der Waals surface area contributed by atoms with E-state index in [-0.39, 0.29) is 5.69 Å². The number of rotatable bonds is 3. The van der Waals surface area contributed by atoms with Crippen molar-refractivity contribution in [3.05, 3.63) is 54.0 Å². The lowest BCUT2D eigenvalue weighted by atomic mass is 9.99. The number of carboxylic acid groups (broad SMARTS) is 1. The van der Waals surface area contributed by atoms with Gasteiger partial charge in [0.25, 0.3) is 0 Å². The number of hydrogen-bond acceptors (Lipinski definition) is 4. The first-order valence-electron chi connectivity index (χ1n) is 6.59. The van der Waals surface area contributed by atoms with Gasteiger partial charge in [0, 0.05) is 19.0 Å². The number of carboxylic acids is 1. The van der Waals surface area contributed by atoms with E-state index in [0.29, 0.717) is 11.7 Å². The maximum Gasteiger partial charge on any atom is 0.356 e. The Labute approximate surface area is 116 Å². The van der Waals surface area contributed by atoms with E-state index >= 15 is 0 Å². The standard InChI is InChI=1S/C15H15N3O2/c19-15(20)13-8-16-9-14(17-13)18-7-6-12(10-18)11-4-2-1-3-5-11/h1-5,8-9,12H,6-7,10H2,(H,19,20). The summed E-state index contributed by atoms with van der Waals surface area (Å²) in [4.78, 5) is 21.1. The van der Waals surface area contributed by atoms with Crippen LogP contribution in [0.25, 0.3) is 0 Å². The first-order valence-corrected chi connectivity index (χ1v) is 6.59. The zero-order valence-corrected chi connectivity index (χ0v) is 10.9. The Morgan fingerprint density at radius 1 is 1.25 bits per heavy atom. The number of hydrogen-bond donors (Lipinski definition) is 1. The molecular weight excluding hydrogens is 254 g/mol. The lowest BCUT2D eigenvalue weighted by Gasteiger charge is -2.17. The average molecular weight is 269 g/mol. The number of nitrogens with zero attached hydrogens (tertiary/aromatic N) is 3. The number of anilines is 1. The minimum Gasteiger partial charge on any atom is -0.476 e. The third-order valence-electron chi connectivity index (χ3n) is 3.62. The lowest BCUT2D eigenvalue weighted by molar-refractivity contribution is 0.0690. The molecule has 1 atom stereocenters. The van der Waals surface area contributed by atoms with E-state index in [1.807, 2.05) is 18.2 Å². The summed E-state index contributed by atoms with van der Waals surface area (Å²) in [6.07, 6.45) is 3.94. The first-order chi connectivity index (χ1) is 9.74. The highest BCUT2D eigenvalue weighted by Gasteiger charge is 2.25. The summed E-state index contributed by atoms with van der Waals surface area (Å²) in [6, 6.07) is 10.4. The van der Waals surface area contributed by atoms with E-state index in [1.54, 1.807) is 6.20 Å². The summed E-state index contributed by atoms with van der Waals surface area (Å²) in [5.41, 5.74) is 1.31. The quantitative estimate of drug-likeness (QED) is 0.925. The van der Waals surface area contributed by atoms with Crippen molar-refractivity contribution in [3.63, 3.8) is 0 Å². The first kappa shape index (κ1) is 12.6. The van der Waals surface area contributed by atoms with Crippen LogP contribution in [0.15, 0.2) is 42.7 Å². The second kappa shape index (κ2) is 5.28. The molecule has 1 aromatic carbocycles. The van der Waals surface area contributed by atoms with Gasteiger partial charge in [-0.15, -0.1) is 0 Å². The number of aromatic carboxylic acids is 1. The summed E-state index contributed by atoms with van der Waals surface area (Å²) in [6.45, 7) is 1.72. The third-order valence-corrected chi connectivity index (χ3v) is 3.62. The van der Waals surface area contributed by atoms with Crippen LogP contribution >= 0.6 is 0 Å². The Hall–Kier alpha value is -2.43. The monoisotopic (exact) mass is 269 g/mol. The van der Waals surface area contributed by atoms with Gasteiger partial charge in [0.2, 0.25) is 0 Å². The Morgan fingerprint density at radius 2 is 2.05 bits per heavy atom. The molecule has 0 saturated carbocycles. The number of aromatic nitrogens is 2. The molecule has 20 heavy (non-hydrogen) atoms. The van der Waals surface area contributed by atoms with Crippen molar-refractivity contribution in [2.24, 2.45) is 0 Å². The van der Waals surface area contributed by atoms with Crippen molar-refractivity contribution in [1.82, 2.24) is 9.97 Å². The molecule has 0 radical (unpaired) electrons. The van der Waals surface area contributed by atoms with Gasteiger partial charge >= 0.3 is 5.97 Å². The van der Waals surface area contributed by atoms with Gasteiger partial charge in [-0.25, -0.2) is 9.78 Å². The van der Waals surface area contributed by atoms with Crippen molar-refractivity contribution in [2.75, 3.05) is 18.0 Å². The molecule has 1 unspecified atom stereocenters. The molecule has 0 aliphatic carbocycles. The van der Waals surface area contributed by atoms with E-state index in [2.05, 4.69) is 27.0 Å². The molecule has 2 heterocycles. The second-order valence-corrected chi connectivity index (χ2v) is 4.91. The van der Waals surface area contributed by atoms with Crippen LogP contribution in [0.5, 0.6) is 0 Å². The maximum absolute atomic E-state index is 10.9. The Bertz CT molecular complexity index is 616. The van der Waals surface area contributed by atoms with E-state index in [1.165, 1.54) is 11.8 Å². The third kappa shape index (κ3) is 2.47. The van der Waals surface area contributed by atoms with Crippen molar-refractivity contribution < 1.29 is 9.90 Å². The zero-order valence-electron chi connectivity index (χ0n) is 10.9. The van der Waals surface area contributed by atoms with Crippen molar-refractivity contribution >= 4 is 11.8 Å². The van der Waals surface area contributed by atoms with Crippen LogP contribution in [0.3, 0.4) is 0 Å². The van der Waals surface area contributed by atoms with Crippen molar-refractivity contribution in [2.45, 2.75) is 12.3 Å². The molecule has 1 aliphatic rings. The molecule has 1 N–H and O–H groups in total. The van der Waals surface area contributed by atoms with Crippen LogP contribution in [-0.2, 0) is 0 Å². The Morgan fingerprint density at radius 3 is 2.80 bits per heavy atom. The summed E-state index contributed by atoms with van der Waals surface area (Å²) < 4.78 is 0. The van der Waals surface area contributed by atoms with Crippen LogP contribution in [0, 0.1) is 0 Å². The molecule has 5 nitrogen and oxygen atoms in total. The summed E-state index contributed by atoms with van der Waals surface area (Å²) in [5.74, 6) is 0.0629. The summed E-state index contributed by atoms with van der Waals surface area (Å²) in [7, 11) is 0. The minimum absolute atomic E-state index is 0.00865. The van der Waals surface area contributed by atoms with Gasteiger partial charge < -0.3 is 10.0 Å². The molecule has 3 rings (SSSR count). The van der Waals surface area contributed by atoms with Crippen molar-refractivity contribution in [1.29, 1.82) is 0 Å². The fourth-order valence-corrected chi connectivity index (χ4v) is 2.58. The van der Waals surface area contributed by atoms with Gasteiger partial charge in [0.15, 0.2) is 5.69 Å².